The summed E-state index contributed by atoms with van der Waals surface area (Å²) >= 11 is 0. The highest BCUT2D eigenvalue weighted by Crippen LogP contribution is 2.19. The van der Waals surface area contributed by atoms with E-state index in [2.05, 4.69) is 0 Å². The van der Waals surface area contributed by atoms with Crippen LogP contribution in [0.2, 0.25) is 0 Å². The van der Waals surface area contributed by atoms with Gasteiger partial charge in [-0.2, -0.15) is 0 Å². The summed E-state index contributed by atoms with van der Waals surface area (Å²) in [6.07, 6.45) is 1.72. The Morgan fingerprint density at radius 3 is 2.24 bits per heavy atom. The quantitative estimate of drug-likeness (QED) is 0.703. The molecule has 3 nitrogen and oxygen atoms in total. The summed E-state index contributed by atoms with van der Waals surface area (Å²) in [5.74, 6) is -1.82. The van der Waals surface area contributed by atoms with E-state index in [4.69, 9.17) is 4.74 Å². The summed E-state index contributed by atoms with van der Waals surface area (Å²) in [6.45, 7) is 0.710. The Labute approximate surface area is 144 Å². The fourth-order valence-corrected chi connectivity index (χ4v) is 2.62. The van der Waals surface area contributed by atoms with Gasteiger partial charge in [0.05, 0.1) is 13.2 Å². The van der Waals surface area contributed by atoms with E-state index in [1.54, 1.807) is 19.4 Å². The third-order valence-electron chi connectivity index (χ3n) is 3.92. The Bertz CT molecular complexity index is 933. The Balaban J connectivity index is 1.89. The van der Waals surface area contributed by atoms with Crippen LogP contribution in [0.1, 0.15) is 11.1 Å². The molecule has 25 heavy (non-hydrogen) atoms. The van der Waals surface area contributed by atoms with Crippen LogP contribution >= 0.6 is 0 Å². The lowest BCUT2D eigenvalue weighted by Crippen LogP contribution is -2.19. The molecule has 0 saturated heterocycles. The van der Waals surface area contributed by atoms with Gasteiger partial charge in [0.1, 0.15) is 0 Å². The molecule has 0 unspecified atom stereocenters. The predicted molar refractivity (Wildman–Crippen MR) is 92.3 cm³/mol. The molecule has 0 aliphatic heterocycles. The average molecular weight is 341 g/mol. The van der Waals surface area contributed by atoms with Crippen molar-refractivity contribution >= 4 is 0 Å². The summed E-state index contributed by atoms with van der Waals surface area (Å²) in [7, 11) is 1.64. The fourth-order valence-electron chi connectivity index (χ4n) is 2.62. The Kier molecular flexibility index (Phi) is 5.05. The Morgan fingerprint density at radius 1 is 0.880 bits per heavy atom. The zero-order chi connectivity index (χ0) is 17.8. The topological polar surface area (TPSA) is 31.2 Å². The molecule has 1 heterocycles. The lowest BCUT2D eigenvalue weighted by molar-refractivity contribution is 0.185. The Hall–Kier alpha value is -2.79. The summed E-state index contributed by atoms with van der Waals surface area (Å²) in [6, 6.07) is 14.7. The van der Waals surface area contributed by atoms with Crippen LogP contribution in [0.3, 0.4) is 0 Å². The van der Waals surface area contributed by atoms with Crippen molar-refractivity contribution < 1.29 is 13.5 Å². The van der Waals surface area contributed by atoms with Crippen molar-refractivity contribution in [3.05, 3.63) is 93.9 Å². The van der Waals surface area contributed by atoms with E-state index in [1.807, 2.05) is 24.3 Å². The molecule has 0 atom stereocenters. The van der Waals surface area contributed by atoms with Gasteiger partial charge in [-0.15, -0.1) is 0 Å². The van der Waals surface area contributed by atoms with E-state index in [0.717, 1.165) is 28.8 Å². The zero-order valence-electron chi connectivity index (χ0n) is 13.7. The number of hydrogen-bond acceptors (Lipinski definition) is 2. The number of aromatic nitrogens is 1. The second-order valence-electron chi connectivity index (χ2n) is 5.76. The second kappa shape index (κ2) is 7.40. The van der Waals surface area contributed by atoms with Gasteiger partial charge >= 0.3 is 0 Å². The minimum absolute atomic E-state index is 0.172. The minimum Gasteiger partial charge on any atom is -0.380 e. The van der Waals surface area contributed by atoms with Crippen LogP contribution in [0, 0.1) is 11.6 Å². The number of ether oxygens (including phenoxy) is 1. The van der Waals surface area contributed by atoms with E-state index < -0.39 is 11.6 Å². The molecule has 3 aromatic rings. The van der Waals surface area contributed by atoms with Crippen LogP contribution < -0.4 is 5.56 Å². The molecule has 0 fully saturated rings. The molecule has 0 bridgehead atoms. The van der Waals surface area contributed by atoms with Gasteiger partial charge in [-0.05, 0) is 40.5 Å². The van der Waals surface area contributed by atoms with E-state index in [-0.39, 0.29) is 12.1 Å². The number of methoxy groups -OCH3 is 1. The van der Waals surface area contributed by atoms with Crippen LogP contribution in [0.4, 0.5) is 8.78 Å². The molecule has 0 aliphatic rings. The van der Waals surface area contributed by atoms with Gasteiger partial charge in [0.2, 0.25) is 0 Å². The molecule has 0 saturated carbocycles. The number of hydrogen-bond donors (Lipinski definition) is 0. The molecule has 128 valence electrons. The van der Waals surface area contributed by atoms with Crippen molar-refractivity contribution in [2.75, 3.05) is 7.11 Å². The highest BCUT2D eigenvalue weighted by molar-refractivity contribution is 5.62. The van der Waals surface area contributed by atoms with Gasteiger partial charge in [0.25, 0.3) is 5.56 Å². The maximum absolute atomic E-state index is 13.4. The largest absolute Gasteiger partial charge is 0.380 e. The lowest BCUT2D eigenvalue weighted by atomic mass is 10.1. The zero-order valence-corrected chi connectivity index (χ0v) is 13.7. The van der Waals surface area contributed by atoms with E-state index in [0.29, 0.717) is 12.2 Å². The molecule has 0 radical (unpaired) electrons. The van der Waals surface area contributed by atoms with Crippen molar-refractivity contribution in [2.24, 2.45) is 0 Å². The molecule has 3 rings (SSSR count). The van der Waals surface area contributed by atoms with Crippen LogP contribution in [0.15, 0.2) is 65.6 Å². The summed E-state index contributed by atoms with van der Waals surface area (Å²) in [4.78, 5) is 12.1. The highest BCUT2D eigenvalue weighted by Gasteiger charge is 2.06. The average Bonchev–Trinajstić information content (AvgIpc) is 2.61. The second-order valence-corrected chi connectivity index (χ2v) is 5.76. The smallest absolute Gasteiger partial charge is 0.250 e. The standard InChI is InChI=1S/C20H17F2NO2/c1-25-13-14-2-5-16(6-3-14)17-7-9-20(24)23(12-17)11-15-4-8-18(21)19(22)10-15/h2-10,12H,11,13H2,1H3. The molecule has 0 N–H and O–H groups in total. The first kappa shape index (κ1) is 17.0. The van der Waals surface area contributed by atoms with Crippen molar-refractivity contribution in [1.82, 2.24) is 4.57 Å². The van der Waals surface area contributed by atoms with Crippen LogP contribution in [-0.2, 0) is 17.9 Å². The number of pyridine rings is 1. The first-order chi connectivity index (χ1) is 12.1. The third-order valence-corrected chi connectivity index (χ3v) is 3.92. The highest BCUT2D eigenvalue weighted by atomic mass is 19.2. The van der Waals surface area contributed by atoms with Crippen LogP contribution in [0.5, 0.6) is 0 Å². The minimum atomic E-state index is -0.921. The normalized spacial score (nSPS) is 10.8. The van der Waals surface area contributed by atoms with Crippen molar-refractivity contribution in [2.45, 2.75) is 13.2 Å². The maximum atomic E-state index is 13.4. The molecule has 0 amide bonds. The van der Waals surface area contributed by atoms with Gasteiger partial charge in [0, 0.05) is 19.4 Å². The van der Waals surface area contributed by atoms with Crippen LogP contribution in [-0.4, -0.2) is 11.7 Å². The van der Waals surface area contributed by atoms with E-state index in [1.165, 1.54) is 16.7 Å². The number of nitrogens with zero attached hydrogens (tertiary/aromatic N) is 1. The summed E-state index contributed by atoms with van der Waals surface area (Å²) < 4.78 is 33.0. The van der Waals surface area contributed by atoms with Crippen molar-refractivity contribution in [3.8, 4) is 11.1 Å². The summed E-state index contributed by atoms with van der Waals surface area (Å²) in [5.41, 5.74) is 3.20. The molecule has 1 aromatic heterocycles. The monoisotopic (exact) mass is 341 g/mol. The number of halogens is 2. The summed E-state index contributed by atoms with van der Waals surface area (Å²) in [5, 5.41) is 0. The van der Waals surface area contributed by atoms with Crippen LogP contribution in [0.25, 0.3) is 11.1 Å². The van der Waals surface area contributed by atoms with Gasteiger partial charge in [-0.1, -0.05) is 30.3 Å². The first-order valence-electron chi connectivity index (χ1n) is 7.79. The third kappa shape index (κ3) is 4.00. The SMILES string of the molecule is COCc1ccc(-c2ccc(=O)n(Cc3ccc(F)c(F)c3)c2)cc1. The van der Waals surface area contributed by atoms with Gasteiger partial charge in [-0.3, -0.25) is 4.79 Å². The van der Waals surface area contributed by atoms with E-state index >= 15 is 0 Å². The number of rotatable bonds is 5. The molecular formula is C20H17F2NO2. The lowest BCUT2D eigenvalue weighted by Gasteiger charge is -2.10. The molecule has 5 heteroatoms. The predicted octanol–water partition coefficient (Wildman–Crippen LogP) is 3.99. The molecule has 0 spiro atoms. The van der Waals surface area contributed by atoms with Crippen molar-refractivity contribution in [1.29, 1.82) is 0 Å². The van der Waals surface area contributed by atoms with Gasteiger partial charge < -0.3 is 9.30 Å². The fraction of sp³-hybridized carbons (Fsp3) is 0.150. The maximum Gasteiger partial charge on any atom is 0.250 e. The molecular weight excluding hydrogens is 324 g/mol. The molecule has 2 aromatic carbocycles. The van der Waals surface area contributed by atoms with Gasteiger partial charge in [-0.25, -0.2) is 8.78 Å². The van der Waals surface area contributed by atoms with Crippen molar-refractivity contribution in [3.63, 3.8) is 0 Å². The van der Waals surface area contributed by atoms with E-state index in [9.17, 15) is 13.6 Å². The molecule has 0 aliphatic carbocycles. The van der Waals surface area contributed by atoms with Gasteiger partial charge in [0.15, 0.2) is 11.6 Å². The Morgan fingerprint density at radius 2 is 1.56 bits per heavy atom. The number of benzene rings is 2. The first-order valence-corrected chi connectivity index (χ1v) is 7.79.